The van der Waals surface area contributed by atoms with Gasteiger partial charge in [0.15, 0.2) is 0 Å². The zero-order valence-electron chi connectivity index (χ0n) is 9.40. The summed E-state index contributed by atoms with van der Waals surface area (Å²) in [6, 6.07) is 6.74. The molecule has 0 aliphatic rings. The van der Waals surface area contributed by atoms with Gasteiger partial charge >= 0.3 is 12.4 Å². The Hall–Kier alpha value is -1.80. The molecule has 0 fully saturated rings. The number of hydrogen-bond donors (Lipinski definition) is 1. The molecular formula is C10H11F3N2O3. The second kappa shape index (κ2) is 6.22. The van der Waals surface area contributed by atoms with E-state index in [0.29, 0.717) is 5.06 Å². The van der Waals surface area contributed by atoms with E-state index in [2.05, 4.69) is 4.84 Å². The Morgan fingerprint density at radius 2 is 1.94 bits per heavy atom. The Bertz CT molecular complexity index is 384. The van der Waals surface area contributed by atoms with Crippen molar-refractivity contribution in [1.82, 2.24) is 5.48 Å². The average Bonchev–Trinajstić information content (AvgIpc) is 2.33. The summed E-state index contributed by atoms with van der Waals surface area (Å²) in [6.07, 6.45) is -4.95. The van der Waals surface area contributed by atoms with Crippen molar-refractivity contribution in [2.45, 2.75) is 13.3 Å². The highest BCUT2D eigenvalue weighted by molar-refractivity contribution is 5.89. The number of carbonyl (C=O) groups excluding carboxylic acids is 1. The fourth-order valence-corrected chi connectivity index (χ4v) is 1.09. The van der Waals surface area contributed by atoms with Crippen LogP contribution in [0, 0.1) is 0 Å². The topological polar surface area (TPSA) is 50.8 Å². The van der Waals surface area contributed by atoms with E-state index >= 15 is 0 Å². The number of alkyl halides is 3. The fourth-order valence-electron chi connectivity index (χ4n) is 1.09. The van der Waals surface area contributed by atoms with E-state index in [1.807, 2.05) is 0 Å². The maximum absolute atomic E-state index is 11.8. The first-order valence-corrected chi connectivity index (χ1v) is 4.97. The van der Waals surface area contributed by atoms with Crippen molar-refractivity contribution in [2.75, 3.05) is 11.7 Å². The number of nitrogens with zero attached hydrogens (tertiary/aromatic N) is 1. The van der Waals surface area contributed by atoms with Crippen molar-refractivity contribution >= 4 is 11.7 Å². The van der Waals surface area contributed by atoms with Gasteiger partial charge in [-0.15, -0.1) is 13.2 Å². The van der Waals surface area contributed by atoms with Gasteiger partial charge in [-0.1, -0.05) is 18.2 Å². The number of rotatable bonds is 4. The summed E-state index contributed by atoms with van der Waals surface area (Å²) in [6.45, 7) is 1.70. The van der Waals surface area contributed by atoms with Gasteiger partial charge in [0.1, 0.15) is 0 Å². The Morgan fingerprint density at radius 3 is 2.44 bits per heavy atom. The van der Waals surface area contributed by atoms with Gasteiger partial charge in [-0.05, 0) is 19.1 Å². The Labute approximate surface area is 101 Å². The summed E-state index contributed by atoms with van der Waals surface area (Å²) in [5.74, 6) is 0. The van der Waals surface area contributed by atoms with Crippen LogP contribution in [-0.2, 0) is 9.68 Å². The highest BCUT2D eigenvalue weighted by Crippen LogP contribution is 2.16. The van der Waals surface area contributed by atoms with Gasteiger partial charge < -0.3 is 0 Å². The maximum atomic E-state index is 11.8. The minimum absolute atomic E-state index is 0.105. The molecule has 0 radical (unpaired) electrons. The number of amides is 2. The lowest BCUT2D eigenvalue weighted by molar-refractivity contribution is -0.343. The number of para-hydroxylation sites is 1. The molecule has 100 valence electrons. The first kappa shape index (κ1) is 14.3. The number of urea groups is 1. The highest BCUT2D eigenvalue weighted by Gasteiger charge is 2.32. The molecule has 1 N–H and O–H groups in total. The minimum atomic E-state index is -4.95. The molecule has 0 saturated heterocycles. The molecule has 8 heteroatoms. The van der Waals surface area contributed by atoms with E-state index in [-0.39, 0.29) is 12.3 Å². The van der Waals surface area contributed by atoms with Crippen LogP contribution in [-0.4, -0.2) is 19.0 Å². The third-order valence-corrected chi connectivity index (χ3v) is 1.69. The lowest BCUT2D eigenvalue weighted by Crippen LogP contribution is -2.42. The number of anilines is 1. The zero-order valence-corrected chi connectivity index (χ0v) is 9.40. The molecule has 0 aliphatic heterocycles. The van der Waals surface area contributed by atoms with Crippen LogP contribution in [0.15, 0.2) is 30.3 Å². The minimum Gasteiger partial charge on any atom is -0.265 e. The molecule has 1 aromatic carbocycles. The standard InChI is InChI=1S/C10H11F3N2O3/c1-2-17-15(8-6-4-3-5-7-8)9(16)14-18-10(11,12)13/h3-7H,2H2,1H3,(H,14,16). The van der Waals surface area contributed by atoms with E-state index in [4.69, 9.17) is 4.84 Å². The molecule has 5 nitrogen and oxygen atoms in total. The number of halogens is 3. The fraction of sp³-hybridized carbons (Fsp3) is 0.300. The van der Waals surface area contributed by atoms with Crippen LogP contribution in [0.2, 0.25) is 0 Å². The summed E-state index contributed by atoms with van der Waals surface area (Å²) in [7, 11) is 0. The molecular weight excluding hydrogens is 253 g/mol. The molecule has 0 aromatic heterocycles. The van der Waals surface area contributed by atoms with Crippen LogP contribution in [0.5, 0.6) is 0 Å². The second-order valence-electron chi connectivity index (χ2n) is 3.00. The molecule has 18 heavy (non-hydrogen) atoms. The number of nitrogens with one attached hydrogen (secondary N) is 1. The van der Waals surface area contributed by atoms with Gasteiger partial charge in [-0.2, -0.15) is 9.90 Å². The predicted molar refractivity (Wildman–Crippen MR) is 56.2 cm³/mol. The summed E-state index contributed by atoms with van der Waals surface area (Å²) < 4.78 is 35.3. The summed E-state index contributed by atoms with van der Waals surface area (Å²) in [5, 5.41) is 0.672. The largest absolute Gasteiger partial charge is 0.543 e. The van der Waals surface area contributed by atoms with Gasteiger partial charge in [0.25, 0.3) is 0 Å². The van der Waals surface area contributed by atoms with Gasteiger partial charge in [0.05, 0.1) is 12.3 Å². The van der Waals surface area contributed by atoms with Crippen LogP contribution in [0.1, 0.15) is 6.92 Å². The van der Waals surface area contributed by atoms with Crippen molar-refractivity contribution < 1.29 is 27.6 Å². The average molecular weight is 264 g/mol. The Balaban J connectivity index is 2.70. The van der Waals surface area contributed by atoms with E-state index in [1.165, 1.54) is 17.6 Å². The van der Waals surface area contributed by atoms with Crippen LogP contribution in [0.4, 0.5) is 23.7 Å². The molecule has 1 aromatic rings. The van der Waals surface area contributed by atoms with Crippen molar-refractivity contribution in [3.05, 3.63) is 30.3 Å². The molecule has 0 atom stereocenters. The van der Waals surface area contributed by atoms with Gasteiger partial charge in [-0.25, -0.2) is 10.3 Å². The van der Waals surface area contributed by atoms with E-state index in [0.717, 1.165) is 0 Å². The monoisotopic (exact) mass is 264 g/mol. The van der Waals surface area contributed by atoms with Crippen LogP contribution in [0.25, 0.3) is 0 Å². The third kappa shape index (κ3) is 4.60. The normalized spacial score (nSPS) is 11.1. The third-order valence-electron chi connectivity index (χ3n) is 1.69. The summed E-state index contributed by atoms with van der Waals surface area (Å²) in [5.41, 5.74) is 1.52. The molecule has 0 heterocycles. The Kier molecular flexibility index (Phi) is 4.93. The number of carbonyl (C=O) groups is 1. The number of hydroxylamine groups is 2. The molecule has 0 spiro atoms. The predicted octanol–water partition coefficient (Wildman–Crippen LogP) is 2.61. The summed E-state index contributed by atoms with van der Waals surface area (Å²) in [4.78, 5) is 19.6. The van der Waals surface area contributed by atoms with Gasteiger partial charge in [0.2, 0.25) is 0 Å². The van der Waals surface area contributed by atoms with E-state index in [9.17, 15) is 18.0 Å². The van der Waals surface area contributed by atoms with Crippen molar-refractivity contribution in [3.63, 3.8) is 0 Å². The first-order valence-electron chi connectivity index (χ1n) is 4.97. The first-order chi connectivity index (χ1) is 8.44. The van der Waals surface area contributed by atoms with E-state index in [1.54, 1.807) is 25.1 Å². The molecule has 0 bridgehead atoms. The van der Waals surface area contributed by atoms with Gasteiger partial charge in [-0.3, -0.25) is 4.84 Å². The van der Waals surface area contributed by atoms with Gasteiger partial charge in [0, 0.05) is 0 Å². The summed E-state index contributed by atoms with van der Waals surface area (Å²) >= 11 is 0. The lowest BCUT2D eigenvalue weighted by Gasteiger charge is -2.21. The number of hydrogen-bond acceptors (Lipinski definition) is 3. The second-order valence-corrected chi connectivity index (χ2v) is 3.00. The number of benzene rings is 1. The molecule has 0 saturated carbocycles. The molecule has 0 unspecified atom stereocenters. The zero-order chi connectivity index (χ0) is 13.6. The quantitative estimate of drug-likeness (QED) is 0.850. The Morgan fingerprint density at radius 1 is 1.33 bits per heavy atom. The lowest BCUT2D eigenvalue weighted by atomic mass is 10.3. The molecule has 2 amide bonds. The smallest absolute Gasteiger partial charge is 0.265 e. The maximum Gasteiger partial charge on any atom is 0.543 e. The van der Waals surface area contributed by atoms with Crippen molar-refractivity contribution in [1.29, 1.82) is 0 Å². The van der Waals surface area contributed by atoms with Crippen molar-refractivity contribution in [3.8, 4) is 0 Å². The molecule has 0 aliphatic carbocycles. The van der Waals surface area contributed by atoms with Crippen molar-refractivity contribution in [2.24, 2.45) is 0 Å². The highest BCUT2D eigenvalue weighted by atomic mass is 19.4. The van der Waals surface area contributed by atoms with E-state index < -0.39 is 12.4 Å². The molecule has 1 rings (SSSR count). The SMILES string of the molecule is CCON(C(=O)NOC(F)(F)F)c1ccccc1. The van der Waals surface area contributed by atoms with Crippen LogP contribution < -0.4 is 10.5 Å². The van der Waals surface area contributed by atoms with Crippen LogP contribution >= 0.6 is 0 Å². The van der Waals surface area contributed by atoms with Crippen LogP contribution in [0.3, 0.4) is 0 Å².